The Bertz CT molecular complexity index is 1220. The second-order valence-corrected chi connectivity index (χ2v) is 9.69. The lowest BCUT2D eigenvalue weighted by Gasteiger charge is -2.37. The summed E-state index contributed by atoms with van der Waals surface area (Å²) in [5.74, 6) is 0.410. The van der Waals surface area contributed by atoms with Crippen molar-refractivity contribution in [2.24, 2.45) is 11.0 Å². The van der Waals surface area contributed by atoms with Gasteiger partial charge in [0.15, 0.2) is 0 Å². The summed E-state index contributed by atoms with van der Waals surface area (Å²) in [7, 11) is 0. The first kappa shape index (κ1) is 28.9. The van der Waals surface area contributed by atoms with Gasteiger partial charge in [-0.3, -0.25) is 4.79 Å². The monoisotopic (exact) mass is 509 g/mol. The lowest BCUT2D eigenvalue weighted by Crippen LogP contribution is -2.45. The van der Waals surface area contributed by atoms with E-state index in [9.17, 15) is 4.79 Å². The molecular formula is C34H43N3O. The van der Waals surface area contributed by atoms with Crippen LogP contribution in [-0.2, 0) is 4.79 Å². The summed E-state index contributed by atoms with van der Waals surface area (Å²) in [4.78, 5) is 15.3. The third kappa shape index (κ3) is 6.61. The summed E-state index contributed by atoms with van der Waals surface area (Å²) in [5.41, 5.74) is 6.80. The van der Waals surface area contributed by atoms with Crippen LogP contribution in [-0.4, -0.2) is 35.8 Å². The van der Waals surface area contributed by atoms with E-state index in [1.165, 1.54) is 16.8 Å². The van der Waals surface area contributed by atoms with Crippen molar-refractivity contribution in [3.63, 3.8) is 0 Å². The number of carbonyl (C=O) groups is 1. The van der Waals surface area contributed by atoms with E-state index in [-0.39, 0.29) is 23.8 Å². The van der Waals surface area contributed by atoms with Crippen LogP contribution in [0.4, 0.5) is 5.69 Å². The molecule has 0 fully saturated rings. The van der Waals surface area contributed by atoms with Crippen LogP contribution in [0.5, 0.6) is 0 Å². The van der Waals surface area contributed by atoms with E-state index in [4.69, 9.17) is 5.10 Å². The molecule has 1 amide bonds. The number of benzene rings is 3. The number of hydrazone groups is 1. The molecule has 0 saturated carbocycles. The molecule has 0 bridgehead atoms. The Hall–Kier alpha value is -3.66. The summed E-state index contributed by atoms with van der Waals surface area (Å²) in [5, 5.41) is 6.64. The summed E-state index contributed by atoms with van der Waals surface area (Å²) in [6.07, 6.45) is 2.61. The minimum absolute atomic E-state index is 0.0147. The molecule has 38 heavy (non-hydrogen) atoms. The Labute approximate surface area is 229 Å². The molecule has 4 rings (SSSR count). The molecule has 3 aromatic carbocycles. The fraction of sp³-hybridized carbons (Fsp3) is 0.353. The van der Waals surface area contributed by atoms with Gasteiger partial charge in [-0.05, 0) is 60.2 Å². The number of carbonyl (C=O) groups excluding carboxylic acids is 1. The van der Waals surface area contributed by atoms with Crippen LogP contribution in [0.15, 0.2) is 90.5 Å². The molecule has 3 atom stereocenters. The first-order chi connectivity index (χ1) is 18.4. The number of hydrogen-bond donors (Lipinski definition) is 0. The van der Waals surface area contributed by atoms with Crippen LogP contribution in [0.1, 0.15) is 69.2 Å². The van der Waals surface area contributed by atoms with Gasteiger partial charge in [0.2, 0.25) is 5.91 Å². The maximum Gasteiger partial charge on any atom is 0.239 e. The van der Waals surface area contributed by atoms with Gasteiger partial charge in [0.25, 0.3) is 0 Å². The predicted octanol–water partition coefficient (Wildman–Crippen LogP) is 7.94. The minimum Gasteiger partial charge on any atom is -0.371 e. The van der Waals surface area contributed by atoms with Gasteiger partial charge >= 0.3 is 0 Å². The maximum atomic E-state index is 12.9. The van der Waals surface area contributed by atoms with Crippen molar-refractivity contribution >= 4 is 23.4 Å². The quantitative estimate of drug-likeness (QED) is 0.293. The van der Waals surface area contributed by atoms with Crippen molar-refractivity contribution in [1.29, 1.82) is 0 Å². The van der Waals surface area contributed by atoms with E-state index in [0.717, 1.165) is 36.3 Å². The zero-order valence-corrected chi connectivity index (χ0v) is 23.9. The molecule has 0 saturated heterocycles. The lowest BCUT2D eigenvalue weighted by atomic mass is 9.79. The Kier molecular flexibility index (Phi) is 10.5. The molecule has 1 aliphatic heterocycles. The molecule has 4 heteroatoms. The van der Waals surface area contributed by atoms with Gasteiger partial charge in [0.05, 0.1) is 11.8 Å². The van der Waals surface area contributed by atoms with E-state index in [1.54, 1.807) is 11.9 Å². The number of rotatable bonds is 9. The van der Waals surface area contributed by atoms with E-state index in [2.05, 4.69) is 111 Å². The van der Waals surface area contributed by atoms with E-state index >= 15 is 0 Å². The van der Waals surface area contributed by atoms with Gasteiger partial charge in [-0.1, -0.05) is 94.1 Å². The average molecular weight is 510 g/mol. The standard InChI is InChI=1S/C32H37N3O.C2H6/c1-6-26-20-28(19-18-23(26)3)31-21-32(35(33-31)25(5)36)30(24(4)27-14-10-8-11-15-27)22-34(7-2)29-16-12-9-13-17-29;1-2/h6,8-20,24,30,32H,1,7,21-22H2,2-5H3;1-2H3. The second kappa shape index (κ2) is 13.8. The first-order valence-electron chi connectivity index (χ1n) is 13.9. The first-order valence-corrected chi connectivity index (χ1v) is 13.9. The number of hydrogen-bond acceptors (Lipinski definition) is 3. The highest BCUT2D eigenvalue weighted by Crippen LogP contribution is 2.36. The molecule has 200 valence electrons. The third-order valence-corrected chi connectivity index (χ3v) is 7.50. The zero-order valence-electron chi connectivity index (χ0n) is 23.9. The average Bonchev–Trinajstić information content (AvgIpc) is 3.41. The van der Waals surface area contributed by atoms with Crippen LogP contribution in [0.25, 0.3) is 6.08 Å². The smallest absolute Gasteiger partial charge is 0.239 e. The molecule has 0 aromatic heterocycles. The van der Waals surface area contributed by atoms with E-state index in [1.807, 2.05) is 19.9 Å². The Balaban J connectivity index is 0.00000195. The summed E-state index contributed by atoms with van der Waals surface area (Å²) >= 11 is 0. The molecule has 4 nitrogen and oxygen atoms in total. The van der Waals surface area contributed by atoms with E-state index < -0.39 is 0 Å². The highest BCUT2D eigenvalue weighted by Gasteiger charge is 2.39. The van der Waals surface area contributed by atoms with Gasteiger partial charge in [-0.25, -0.2) is 5.01 Å². The Morgan fingerprint density at radius 2 is 1.71 bits per heavy atom. The Morgan fingerprint density at radius 3 is 2.29 bits per heavy atom. The molecule has 0 spiro atoms. The number of aryl methyl sites for hydroxylation is 1. The lowest BCUT2D eigenvalue weighted by molar-refractivity contribution is -0.131. The van der Waals surface area contributed by atoms with Gasteiger partial charge in [0.1, 0.15) is 0 Å². The van der Waals surface area contributed by atoms with Crippen molar-refractivity contribution < 1.29 is 4.79 Å². The third-order valence-electron chi connectivity index (χ3n) is 7.50. The number of nitrogens with zero attached hydrogens (tertiary/aromatic N) is 3. The van der Waals surface area contributed by atoms with Crippen molar-refractivity contribution in [1.82, 2.24) is 5.01 Å². The van der Waals surface area contributed by atoms with Crippen LogP contribution in [0.2, 0.25) is 0 Å². The number of anilines is 1. The molecule has 0 radical (unpaired) electrons. The highest BCUT2D eigenvalue weighted by atomic mass is 16.2. The zero-order chi connectivity index (χ0) is 27.7. The van der Waals surface area contributed by atoms with Gasteiger partial charge < -0.3 is 4.90 Å². The summed E-state index contributed by atoms with van der Waals surface area (Å²) in [6.45, 7) is 17.9. The van der Waals surface area contributed by atoms with Crippen molar-refractivity contribution in [2.45, 2.75) is 59.9 Å². The maximum absolute atomic E-state index is 12.9. The van der Waals surface area contributed by atoms with Crippen LogP contribution < -0.4 is 4.90 Å². The Morgan fingerprint density at radius 1 is 1.08 bits per heavy atom. The summed E-state index contributed by atoms with van der Waals surface area (Å²) in [6, 6.07) is 27.5. The van der Waals surface area contributed by atoms with Crippen LogP contribution >= 0.6 is 0 Å². The van der Waals surface area contributed by atoms with Crippen molar-refractivity contribution in [2.75, 3.05) is 18.0 Å². The van der Waals surface area contributed by atoms with Crippen LogP contribution in [0, 0.1) is 12.8 Å². The molecule has 3 unspecified atom stereocenters. The number of amides is 1. The van der Waals surface area contributed by atoms with Crippen molar-refractivity contribution in [3.8, 4) is 0 Å². The minimum atomic E-state index is -0.0287. The molecule has 3 aromatic rings. The van der Waals surface area contributed by atoms with Crippen LogP contribution in [0.3, 0.4) is 0 Å². The van der Waals surface area contributed by atoms with Gasteiger partial charge in [-0.15, -0.1) is 0 Å². The SMILES string of the molecule is C=Cc1cc(C2=NN(C(C)=O)C(C(CN(CC)c3ccccc3)C(C)c3ccccc3)C2)ccc1C.CC. The fourth-order valence-corrected chi connectivity index (χ4v) is 5.31. The van der Waals surface area contributed by atoms with Crippen molar-refractivity contribution in [3.05, 3.63) is 108 Å². The molecule has 1 heterocycles. The largest absolute Gasteiger partial charge is 0.371 e. The fourth-order valence-electron chi connectivity index (χ4n) is 5.31. The molecule has 0 N–H and O–H groups in total. The van der Waals surface area contributed by atoms with Gasteiger partial charge in [0, 0.05) is 38.0 Å². The molecule has 0 aliphatic carbocycles. The normalized spacial score (nSPS) is 16.1. The number of para-hydroxylation sites is 1. The highest BCUT2D eigenvalue weighted by molar-refractivity contribution is 6.03. The molecular weight excluding hydrogens is 466 g/mol. The molecule has 1 aliphatic rings. The second-order valence-electron chi connectivity index (χ2n) is 9.69. The topological polar surface area (TPSA) is 35.9 Å². The van der Waals surface area contributed by atoms with E-state index in [0.29, 0.717) is 0 Å². The predicted molar refractivity (Wildman–Crippen MR) is 163 cm³/mol. The van der Waals surface area contributed by atoms with Gasteiger partial charge in [-0.2, -0.15) is 5.10 Å². The summed E-state index contributed by atoms with van der Waals surface area (Å²) < 4.78 is 0.